The molecule has 0 saturated heterocycles. The molecule has 1 unspecified atom stereocenters. The van der Waals surface area contributed by atoms with Gasteiger partial charge in [-0.1, -0.05) is 28.1 Å². The third-order valence-corrected chi connectivity index (χ3v) is 3.66. The number of aliphatic hydroxyl groups is 1. The van der Waals surface area contributed by atoms with E-state index >= 15 is 0 Å². The van der Waals surface area contributed by atoms with Crippen LogP contribution >= 0.6 is 15.9 Å². The summed E-state index contributed by atoms with van der Waals surface area (Å²) in [5.41, 5.74) is 1.46. The van der Waals surface area contributed by atoms with Gasteiger partial charge in [0.2, 0.25) is 0 Å². The fourth-order valence-corrected chi connectivity index (χ4v) is 2.56. The van der Waals surface area contributed by atoms with Crippen molar-refractivity contribution in [2.75, 3.05) is 6.61 Å². The maximum absolute atomic E-state index is 11.9. The number of ketones is 1. The molecule has 0 spiro atoms. The van der Waals surface area contributed by atoms with E-state index in [1.807, 2.05) is 0 Å². The van der Waals surface area contributed by atoms with Gasteiger partial charge in [0.15, 0.2) is 5.78 Å². The van der Waals surface area contributed by atoms with Gasteiger partial charge in [0, 0.05) is 17.1 Å². The molecule has 2 aromatic carbocycles. The van der Waals surface area contributed by atoms with Gasteiger partial charge in [0.1, 0.15) is 24.1 Å². The molecule has 1 atom stereocenters. The standard InChI is InChI=1S/C17H16BrNO4/c18-13-5-12(6-15(22)8-13)9-19-16(17(23)10-20)7-11-1-3-14(21)4-2-11/h1-6,8-9,16,20-22H,7,10H2. The average Bonchev–Trinajstić information content (AvgIpc) is 2.51. The summed E-state index contributed by atoms with van der Waals surface area (Å²) in [6.45, 7) is -0.593. The molecule has 3 N–H and O–H groups in total. The van der Waals surface area contributed by atoms with E-state index in [4.69, 9.17) is 5.11 Å². The SMILES string of the molecule is O=C(CO)C(Cc1ccc(O)cc1)N=Cc1cc(O)cc(Br)c1. The second-order valence-corrected chi connectivity index (χ2v) is 5.95. The van der Waals surface area contributed by atoms with Crippen LogP contribution in [0.4, 0.5) is 0 Å². The predicted molar refractivity (Wildman–Crippen MR) is 91.1 cm³/mol. The highest BCUT2D eigenvalue weighted by Gasteiger charge is 2.16. The molecule has 0 fully saturated rings. The Kier molecular flexibility index (Phi) is 5.90. The van der Waals surface area contributed by atoms with Crippen molar-refractivity contribution in [2.45, 2.75) is 12.5 Å². The number of aliphatic imine (C=N–C) groups is 1. The number of phenols is 2. The summed E-state index contributed by atoms with van der Waals surface area (Å²) in [6.07, 6.45) is 1.80. The van der Waals surface area contributed by atoms with Crippen molar-refractivity contribution in [3.05, 3.63) is 58.1 Å². The normalized spacial score (nSPS) is 12.4. The highest BCUT2D eigenvalue weighted by atomic mass is 79.9. The molecule has 0 bridgehead atoms. The summed E-state index contributed by atoms with van der Waals surface area (Å²) in [7, 11) is 0. The number of aromatic hydroxyl groups is 2. The largest absolute Gasteiger partial charge is 0.508 e. The Balaban J connectivity index is 2.19. The molecule has 0 aromatic heterocycles. The zero-order chi connectivity index (χ0) is 16.8. The summed E-state index contributed by atoms with van der Waals surface area (Å²) in [5, 5.41) is 27.9. The van der Waals surface area contributed by atoms with E-state index in [0.29, 0.717) is 16.5 Å². The van der Waals surface area contributed by atoms with Crippen molar-refractivity contribution in [2.24, 2.45) is 4.99 Å². The lowest BCUT2D eigenvalue weighted by Crippen LogP contribution is -2.24. The number of phenolic OH excluding ortho intramolecular Hbond substituents is 2. The second kappa shape index (κ2) is 7.89. The highest BCUT2D eigenvalue weighted by molar-refractivity contribution is 9.10. The van der Waals surface area contributed by atoms with Crippen molar-refractivity contribution in [1.82, 2.24) is 0 Å². The third-order valence-electron chi connectivity index (χ3n) is 3.20. The van der Waals surface area contributed by atoms with Crippen molar-refractivity contribution in [1.29, 1.82) is 0 Å². The monoisotopic (exact) mass is 377 g/mol. The minimum atomic E-state index is -0.731. The summed E-state index contributed by atoms with van der Waals surface area (Å²) >= 11 is 3.27. The first-order valence-electron chi connectivity index (χ1n) is 6.92. The Labute approximate surface area is 142 Å². The molecule has 0 aliphatic carbocycles. The Morgan fingerprint density at radius 3 is 2.43 bits per heavy atom. The van der Waals surface area contributed by atoms with Gasteiger partial charge >= 0.3 is 0 Å². The zero-order valence-electron chi connectivity index (χ0n) is 12.2. The van der Waals surface area contributed by atoms with Gasteiger partial charge in [-0.15, -0.1) is 0 Å². The molecule has 0 radical (unpaired) electrons. The van der Waals surface area contributed by atoms with Crippen molar-refractivity contribution < 1.29 is 20.1 Å². The minimum Gasteiger partial charge on any atom is -0.508 e. The van der Waals surface area contributed by atoms with Gasteiger partial charge in [-0.2, -0.15) is 0 Å². The zero-order valence-corrected chi connectivity index (χ0v) is 13.8. The van der Waals surface area contributed by atoms with E-state index in [1.165, 1.54) is 24.4 Å². The van der Waals surface area contributed by atoms with Crippen LogP contribution in [0.5, 0.6) is 11.5 Å². The number of carbonyl (C=O) groups excluding carboxylic acids is 1. The number of Topliss-reactive ketones (excluding diaryl/α,β-unsaturated/α-hetero) is 1. The summed E-state index contributed by atoms with van der Waals surface area (Å²) in [4.78, 5) is 16.1. The van der Waals surface area contributed by atoms with Crippen LogP contribution < -0.4 is 0 Å². The van der Waals surface area contributed by atoms with E-state index < -0.39 is 18.4 Å². The highest BCUT2D eigenvalue weighted by Crippen LogP contribution is 2.19. The average molecular weight is 378 g/mol. The summed E-state index contributed by atoms with van der Waals surface area (Å²) < 4.78 is 0.697. The quantitative estimate of drug-likeness (QED) is 0.674. The van der Waals surface area contributed by atoms with Crippen molar-refractivity contribution >= 4 is 27.9 Å². The molecule has 2 aromatic rings. The first-order valence-corrected chi connectivity index (χ1v) is 7.71. The number of carbonyl (C=O) groups is 1. The molecular formula is C17H16BrNO4. The van der Waals surface area contributed by atoms with Crippen LogP contribution in [0.15, 0.2) is 51.9 Å². The molecule has 5 nitrogen and oxygen atoms in total. The number of benzene rings is 2. The van der Waals surface area contributed by atoms with E-state index in [0.717, 1.165) is 5.56 Å². The smallest absolute Gasteiger partial charge is 0.182 e. The topological polar surface area (TPSA) is 90.1 Å². The van der Waals surface area contributed by atoms with Crippen LogP contribution in [0.25, 0.3) is 0 Å². The van der Waals surface area contributed by atoms with Crippen molar-refractivity contribution in [3.63, 3.8) is 0 Å². The molecule has 0 aliphatic heterocycles. The van der Waals surface area contributed by atoms with Crippen LogP contribution in [0.3, 0.4) is 0 Å². The molecular weight excluding hydrogens is 362 g/mol. The van der Waals surface area contributed by atoms with E-state index in [-0.39, 0.29) is 11.5 Å². The van der Waals surface area contributed by atoms with Gasteiger partial charge in [-0.25, -0.2) is 0 Å². The van der Waals surface area contributed by atoms with Gasteiger partial charge in [-0.3, -0.25) is 9.79 Å². The molecule has 0 heterocycles. The molecule has 6 heteroatoms. The molecule has 2 rings (SSSR count). The third kappa shape index (κ3) is 5.19. The number of hydrogen-bond donors (Lipinski definition) is 3. The Bertz CT molecular complexity index is 693. The molecule has 23 heavy (non-hydrogen) atoms. The van der Waals surface area contributed by atoms with Crippen LogP contribution in [0.1, 0.15) is 11.1 Å². The fourth-order valence-electron chi connectivity index (χ4n) is 2.06. The maximum atomic E-state index is 11.9. The predicted octanol–water partition coefficient (Wildman–Crippen LogP) is 2.45. The molecule has 0 amide bonds. The maximum Gasteiger partial charge on any atom is 0.182 e. The van der Waals surface area contributed by atoms with Gasteiger partial charge in [-0.05, 0) is 41.5 Å². The number of rotatable bonds is 6. The fraction of sp³-hybridized carbons (Fsp3) is 0.176. The number of nitrogens with zero attached hydrogens (tertiary/aromatic N) is 1. The minimum absolute atomic E-state index is 0.0874. The molecule has 0 aliphatic rings. The van der Waals surface area contributed by atoms with Gasteiger partial charge < -0.3 is 15.3 Å². The lowest BCUT2D eigenvalue weighted by atomic mass is 10.0. The molecule has 0 saturated carbocycles. The summed E-state index contributed by atoms with van der Waals surface area (Å²) in [6, 6.07) is 10.6. The number of halogens is 1. The molecule has 120 valence electrons. The number of hydrogen-bond acceptors (Lipinski definition) is 5. The Morgan fingerprint density at radius 2 is 1.83 bits per heavy atom. The van der Waals surface area contributed by atoms with Crippen LogP contribution in [-0.4, -0.2) is 40.0 Å². The first kappa shape index (κ1) is 17.2. The lowest BCUT2D eigenvalue weighted by molar-refractivity contribution is -0.122. The van der Waals surface area contributed by atoms with Crippen LogP contribution in [0, 0.1) is 0 Å². The second-order valence-electron chi connectivity index (χ2n) is 5.03. The van der Waals surface area contributed by atoms with E-state index in [1.54, 1.807) is 24.3 Å². The van der Waals surface area contributed by atoms with E-state index in [9.17, 15) is 15.0 Å². The van der Waals surface area contributed by atoms with Crippen LogP contribution in [0.2, 0.25) is 0 Å². The van der Waals surface area contributed by atoms with Crippen molar-refractivity contribution in [3.8, 4) is 11.5 Å². The Morgan fingerprint density at radius 1 is 1.13 bits per heavy atom. The van der Waals surface area contributed by atoms with Gasteiger partial charge in [0.25, 0.3) is 0 Å². The summed E-state index contributed by atoms with van der Waals surface area (Å²) in [5.74, 6) is -0.162. The first-order chi connectivity index (χ1) is 11.0. The van der Waals surface area contributed by atoms with E-state index in [2.05, 4.69) is 20.9 Å². The van der Waals surface area contributed by atoms with Gasteiger partial charge in [0.05, 0.1) is 0 Å². The number of aliphatic hydroxyl groups excluding tert-OH is 1. The van der Waals surface area contributed by atoms with Crippen LogP contribution in [-0.2, 0) is 11.2 Å². The lowest BCUT2D eigenvalue weighted by Gasteiger charge is -2.10. The Hall–Kier alpha value is -2.18.